The summed E-state index contributed by atoms with van der Waals surface area (Å²) >= 11 is 0. The maximum absolute atomic E-state index is 12.7. The molecule has 0 fully saturated rings. The van der Waals surface area contributed by atoms with Crippen molar-refractivity contribution in [3.8, 4) is 5.75 Å². The van der Waals surface area contributed by atoms with Crippen molar-refractivity contribution in [2.24, 2.45) is 0 Å². The van der Waals surface area contributed by atoms with Crippen LogP contribution in [0.2, 0.25) is 0 Å². The molecule has 0 saturated carbocycles. The van der Waals surface area contributed by atoms with Gasteiger partial charge in [0.2, 0.25) is 10.0 Å². The maximum Gasteiger partial charge on any atom is 0.365 e. The predicted octanol–water partition coefficient (Wildman–Crippen LogP) is 2.85. The molecule has 0 bridgehead atoms. The number of sulfonamides is 1. The molecule has 150 valence electrons. The highest BCUT2D eigenvalue weighted by molar-refractivity contribution is 7.89. The molecule has 8 heteroatoms. The summed E-state index contributed by atoms with van der Waals surface area (Å²) in [6.07, 6.45) is -0.406. The molecule has 2 aromatic carbocycles. The van der Waals surface area contributed by atoms with Crippen molar-refractivity contribution in [2.45, 2.75) is 43.7 Å². The molecule has 2 rings (SSSR count). The molecule has 0 aliphatic carbocycles. The zero-order chi connectivity index (χ0) is 20.9. The van der Waals surface area contributed by atoms with Gasteiger partial charge >= 0.3 is 5.97 Å². The number of aryl methyl sites for hydroxylation is 1. The van der Waals surface area contributed by atoms with Crippen molar-refractivity contribution in [1.82, 2.24) is 4.72 Å². The van der Waals surface area contributed by atoms with Crippen LogP contribution in [-0.2, 0) is 19.6 Å². The second kappa shape index (κ2) is 8.53. The van der Waals surface area contributed by atoms with E-state index in [1.807, 2.05) is 25.5 Å². The second-order valence-corrected chi connectivity index (χ2v) is 8.38. The average Bonchev–Trinajstić information content (AvgIpc) is 2.62. The Hall–Kier alpha value is -2.71. The maximum atomic E-state index is 12.7. The first-order chi connectivity index (χ1) is 13.1. The van der Waals surface area contributed by atoms with Gasteiger partial charge in [0.05, 0.1) is 11.3 Å². The number of hydrogen-bond acceptors (Lipinski definition) is 5. The van der Waals surface area contributed by atoms with Gasteiger partial charge in [-0.2, -0.15) is 4.72 Å². The van der Waals surface area contributed by atoms with E-state index in [0.717, 1.165) is 11.1 Å². The largest absolute Gasteiger partial charge is 0.477 e. The minimum Gasteiger partial charge on any atom is -0.477 e. The van der Waals surface area contributed by atoms with Gasteiger partial charge in [0.1, 0.15) is 12.0 Å². The fourth-order valence-electron chi connectivity index (χ4n) is 2.83. The average molecular weight is 405 g/mol. The molecular weight excluding hydrogens is 382 g/mol. The van der Waals surface area contributed by atoms with E-state index >= 15 is 0 Å². The van der Waals surface area contributed by atoms with Crippen LogP contribution in [0, 0.1) is 6.92 Å². The number of carbonyl (C=O) groups excluding carboxylic acids is 1. The molecule has 0 radical (unpaired) electrons. The molecule has 0 saturated heterocycles. The second-order valence-electron chi connectivity index (χ2n) is 6.70. The van der Waals surface area contributed by atoms with Crippen LogP contribution in [0.3, 0.4) is 0 Å². The Morgan fingerprint density at radius 2 is 1.86 bits per heavy atom. The van der Waals surface area contributed by atoms with Gasteiger partial charge in [-0.25, -0.2) is 13.2 Å². The van der Waals surface area contributed by atoms with Crippen molar-refractivity contribution in [2.75, 3.05) is 0 Å². The van der Waals surface area contributed by atoms with Gasteiger partial charge in [-0.15, -0.1) is 0 Å². The Bertz CT molecular complexity index is 956. The summed E-state index contributed by atoms with van der Waals surface area (Å²) in [4.78, 5) is 23.0. The minimum atomic E-state index is -4.25. The van der Waals surface area contributed by atoms with Crippen LogP contribution >= 0.6 is 0 Å². The van der Waals surface area contributed by atoms with Crippen LogP contribution in [0.4, 0.5) is 0 Å². The summed E-state index contributed by atoms with van der Waals surface area (Å²) in [7, 11) is -4.25. The standard InChI is InChI=1S/C20H23NO6S/c1-14(2)18-10-9-16(13-15(18)3)27-20(11-12-22,19(23)24)21-28(25,26)17-7-5-4-6-8-17/h4-10,12-14,21H,11H2,1-3H3,(H,23,24). The van der Waals surface area contributed by atoms with E-state index in [1.54, 1.807) is 24.3 Å². The lowest BCUT2D eigenvalue weighted by Crippen LogP contribution is -2.59. The Labute approximate surface area is 164 Å². The fraction of sp³-hybridized carbons (Fsp3) is 0.300. The third kappa shape index (κ3) is 4.76. The smallest absolute Gasteiger partial charge is 0.365 e. The molecular formula is C20H23NO6S. The van der Waals surface area contributed by atoms with Gasteiger partial charge in [0, 0.05) is 0 Å². The van der Waals surface area contributed by atoms with Crippen molar-refractivity contribution in [3.63, 3.8) is 0 Å². The molecule has 0 aliphatic rings. The van der Waals surface area contributed by atoms with Crippen LogP contribution in [0.15, 0.2) is 53.4 Å². The topological polar surface area (TPSA) is 110 Å². The molecule has 0 amide bonds. The van der Waals surface area contributed by atoms with E-state index in [9.17, 15) is 23.1 Å². The van der Waals surface area contributed by atoms with Crippen molar-refractivity contribution < 1.29 is 27.9 Å². The first kappa shape index (κ1) is 21.6. The minimum absolute atomic E-state index is 0.138. The molecule has 0 aliphatic heterocycles. The molecule has 28 heavy (non-hydrogen) atoms. The zero-order valence-corrected chi connectivity index (χ0v) is 16.7. The van der Waals surface area contributed by atoms with Gasteiger partial charge < -0.3 is 14.6 Å². The number of carbonyl (C=O) groups is 2. The lowest BCUT2D eigenvalue weighted by Gasteiger charge is -2.29. The number of ether oxygens (including phenoxy) is 1. The summed E-state index contributed by atoms with van der Waals surface area (Å²) in [5.74, 6) is -1.23. The molecule has 1 unspecified atom stereocenters. The fourth-order valence-corrected chi connectivity index (χ4v) is 4.11. The van der Waals surface area contributed by atoms with E-state index in [1.165, 1.54) is 24.3 Å². The van der Waals surface area contributed by atoms with Gasteiger partial charge in [-0.3, -0.25) is 0 Å². The number of carboxylic acids is 1. The molecule has 0 aromatic heterocycles. The van der Waals surface area contributed by atoms with Crippen LogP contribution < -0.4 is 9.46 Å². The van der Waals surface area contributed by atoms with Gasteiger partial charge in [0.25, 0.3) is 5.72 Å². The van der Waals surface area contributed by atoms with Gasteiger partial charge in [-0.05, 0) is 48.2 Å². The Morgan fingerprint density at radius 1 is 1.21 bits per heavy atom. The Kier molecular flexibility index (Phi) is 6.58. The lowest BCUT2D eigenvalue weighted by atomic mass is 9.98. The molecule has 2 N–H and O–H groups in total. The van der Waals surface area contributed by atoms with Crippen LogP contribution in [0.5, 0.6) is 5.75 Å². The molecule has 7 nitrogen and oxygen atoms in total. The predicted molar refractivity (Wildman–Crippen MR) is 104 cm³/mol. The number of benzene rings is 2. The van der Waals surface area contributed by atoms with E-state index in [-0.39, 0.29) is 16.6 Å². The number of rotatable bonds is 9. The quantitative estimate of drug-likeness (QED) is 0.490. The highest BCUT2D eigenvalue weighted by Crippen LogP contribution is 2.27. The molecule has 0 heterocycles. The number of nitrogens with one attached hydrogen (secondary N) is 1. The third-order valence-electron chi connectivity index (χ3n) is 4.22. The summed E-state index contributed by atoms with van der Waals surface area (Å²) in [6.45, 7) is 5.88. The SMILES string of the molecule is Cc1cc(OC(CC=O)(NS(=O)(=O)c2ccccc2)C(=O)O)ccc1C(C)C. The zero-order valence-electron chi connectivity index (χ0n) is 15.9. The summed E-state index contributed by atoms with van der Waals surface area (Å²) in [5.41, 5.74) is -0.556. The normalized spacial score (nSPS) is 13.7. The third-order valence-corrected chi connectivity index (χ3v) is 5.72. The first-order valence-corrected chi connectivity index (χ1v) is 10.2. The van der Waals surface area contributed by atoms with E-state index in [0.29, 0.717) is 6.29 Å². The Morgan fingerprint density at radius 3 is 2.36 bits per heavy atom. The highest BCUT2D eigenvalue weighted by atomic mass is 32.2. The van der Waals surface area contributed by atoms with Crippen molar-refractivity contribution >= 4 is 22.3 Å². The van der Waals surface area contributed by atoms with Crippen LogP contribution in [0.25, 0.3) is 0 Å². The Balaban J connectivity index is 2.45. The van der Waals surface area contributed by atoms with Crippen LogP contribution in [0.1, 0.15) is 37.3 Å². The van der Waals surface area contributed by atoms with Gasteiger partial charge in [0.15, 0.2) is 0 Å². The number of aldehydes is 1. The van der Waals surface area contributed by atoms with Crippen molar-refractivity contribution in [1.29, 1.82) is 0 Å². The van der Waals surface area contributed by atoms with E-state index < -0.39 is 28.1 Å². The first-order valence-electron chi connectivity index (χ1n) is 8.67. The van der Waals surface area contributed by atoms with E-state index in [2.05, 4.69) is 0 Å². The summed E-state index contributed by atoms with van der Waals surface area (Å²) < 4.78 is 32.9. The van der Waals surface area contributed by atoms with Crippen LogP contribution in [-0.4, -0.2) is 31.5 Å². The summed E-state index contributed by atoms with van der Waals surface area (Å²) in [6, 6.07) is 12.2. The van der Waals surface area contributed by atoms with Gasteiger partial charge in [-0.1, -0.05) is 38.1 Å². The monoisotopic (exact) mass is 405 g/mol. The highest BCUT2D eigenvalue weighted by Gasteiger charge is 2.45. The number of aliphatic carboxylic acids is 1. The van der Waals surface area contributed by atoms with E-state index in [4.69, 9.17) is 4.74 Å². The molecule has 2 aromatic rings. The number of carboxylic acid groups (broad SMARTS) is 1. The molecule has 0 spiro atoms. The lowest BCUT2D eigenvalue weighted by molar-refractivity contribution is -0.158. The number of hydrogen-bond donors (Lipinski definition) is 2. The van der Waals surface area contributed by atoms with Crippen molar-refractivity contribution in [3.05, 3.63) is 59.7 Å². The molecule has 1 atom stereocenters. The summed E-state index contributed by atoms with van der Waals surface area (Å²) in [5, 5.41) is 9.73.